The Labute approximate surface area is 99.8 Å². The highest BCUT2D eigenvalue weighted by molar-refractivity contribution is 9.10. The van der Waals surface area contributed by atoms with Crippen molar-refractivity contribution in [3.05, 3.63) is 22.4 Å². The number of H-pyrrole nitrogens is 1. The fourth-order valence-electron chi connectivity index (χ4n) is 1.12. The molecule has 88 valence electrons. The standard InChI is InChI=1S/C9H11BrN2O4/c10-5-3-7(11-4-5)8(14)12-6(1-2-13)9(15)16/h3-4,6,11,13H,1-2H2,(H,12,14)(H,15,16)/t6-/m0/s1. The van der Waals surface area contributed by atoms with Crippen molar-refractivity contribution >= 4 is 27.8 Å². The van der Waals surface area contributed by atoms with Crippen molar-refractivity contribution in [2.24, 2.45) is 0 Å². The van der Waals surface area contributed by atoms with Crippen LogP contribution in [0.4, 0.5) is 0 Å². The Kier molecular flexibility index (Phi) is 4.51. The smallest absolute Gasteiger partial charge is 0.326 e. The highest BCUT2D eigenvalue weighted by Crippen LogP contribution is 2.10. The quantitative estimate of drug-likeness (QED) is 0.628. The Morgan fingerprint density at radius 2 is 2.25 bits per heavy atom. The van der Waals surface area contributed by atoms with E-state index in [9.17, 15) is 9.59 Å². The number of aromatic nitrogens is 1. The van der Waals surface area contributed by atoms with E-state index in [1.807, 2.05) is 0 Å². The van der Waals surface area contributed by atoms with Crippen molar-refractivity contribution in [1.82, 2.24) is 10.3 Å². The van der Waals surface area contributed by atoms with Gasteiger partial charge in [0.05, 0.1) is 0 Å². The first-order valence-electron chi connectivity index (χ1n) is 4.53. The number of amides is 1. The number of aliphatic hydroxyl groups excluding tert-OH is 1. The molecule has 7 heteroatoms. The van der Waals surface area contributed by atoms with Crippen LogP contribution in [0.3, 0.4) is 0 Å². The van der Waals surface area contributed by atoms with E-state index in [1.54, 1.807) is 6.20 Å². The molecule has 0 aliphatic carbocycles. The van der Waals surface area contributed by atoms with Crippen molar-refractivity contribution < 1.29 is 19.8 Å². The van der Waals surface area contributed by atoms with Crippen LogP contribution < -0.4 is 5.32 Å². The van der Waals surface area contributed by atoms with Gasteiger partial charge in [0.2, 0.25) is 0 Å². The third-order valence-corrected chi connectivity index (χ3v) is 2.37. The minimum absolute atomic E-state index is 0.0248. The fourth-order valence-corrected chi connectivity index (χ4v) is 1.46. The van der Waals surface area contributed by atoms with Crippen LogP contribution in [0.25, 0.3) is 0 Å². The normalized spacial score (nSPS) is 12.1. The Bertz CT molecular complexity index is 391. The molecule has 16 heavy (non-hydrogen) atoms. The van der Waals surface area contributed by atoms with Crippen LogP contribution in [-0.4, -0.2) is 39.7 Å². The monoisotopic (exact) mass is 290 g/mol. The lowest BCUT2D eigenvalue weighted by atomic mass is 10.2. The van der Waals surface area contributed by atoms with Gasteiger partial charge in [0.1, 0.15) is 11.7 Å². The Balaban J connectivity index is 2.65. The summed E-state index contributed by atoms with van der Waals surface area (Å²) < 4.78 is 0.701. The fraction of sp³-hybridized carbons (Fsp3) is 0.333. The summed E-state index contributed by atoms with van der Waals surface area (Å²) in [5.41, 5.74) is 0.260. The summed E-state index contributed by atoms with van der Waals surface area (Å²) in [6.07, 6.45) is 1.54. The molecule has 1 rings (SSSR count). The number of rotatable bonds is 5. The van der Waals surface area contributed by atoms with E-state index in [0.717, 1.165) is 0 Å². The summed E-state index contributed by atoms with van der Waals surface area (Å²) in [7, 11) is 0. The highest BCUT2D eigenvalue weighted by atomic mass is 79.9. The third kappa shape index (κ3) is 3.35. The number of hydrogen-bond acceptors (Lipinski definition) is 3. The van der Waals surface area contributed by atoms with Gasteiger partial charge in [-0.15, -0.1) is 0 Å². The number of halogens is 1. The van der Waals surface area contributed by atoms with Gasteiger partial charge in [0.25, 0.3) is 5.91 Å². The number of carbonyl (C=O) groups is 2. The Hall–Kier alpha value is -1.34. The van der Waals surface area contributed by atoms with E-state index >= 15 is 0 Å². The minimum atomic E-state index is -1.17. The van der Waals surface area contributed by atoms with E-state index in [4.69, 9.17) is 10.2 Å². The molecule has 0 fully saturated rings. The first kappa shape index (κ1) is 12.7. The van der Waals surface area contributed by atoms with E-state index < -0.39 is 17.9 Å². The van der Waals surface area contributed by atoms with Crippen molar-refractivity contribution in [2.75, 3.05) is 6.61 Å². The van der Waals surface area contributed by atoms with Crippen LogP contribution in [-0.2, 0) is 4.79 Å². The molecule has 0 aromatic carbocycles. The third-order valence-electron chi connectivity index (χ3n) is 1.91. The average Bonchev–Trinajstić information content (AvgIpc) is 2.64. The molecular formula is C9H11BrN2O4. The van der Waals surface area contributed by atoms with Gasteiger partial charge in [0, 0.05) is 23.7 Å². The first-order valence-corrected chi connectivity index (χ1v) is 5.32. The van der Waals surface area contributed by atoms with Crippen LogP contribution in [0.1, 0.15) is 16.9 Å². The molecule has 0 radical (unpaired) electrons. The van der Waals surface area contributed by atoms with Crippen molar-refractivity contribution in [1.29, 1.82) is 0 Å². The summed E-state index contributed by atoms with van der Waals surface area (Å²) in [5, 5.41) is 19.7. The molecule has 0 bridgehead atoms. The zero-order valence-electron chi connectivity index (χ0n) is 8.24. The molecule has 1 heterocycles. The lowest BCUT2D eigenvalue weighted by Gasteiger charge is -2.12. The van der Waals surface area contributed by atoms with Crippen molar-refractivity contribution in [3.8, 4) is 0 Å². The molecule has 1 aromatic rings. The van der Waals surface area contributed by atoms with Crippen molar-refractivity contribution in [2.45, 2.75) is 12.5 Å². The summed E-state index contributed by atoms with van der Waals surface area (Å²) in [6.45, 7) is -0.300. The molecule has 0 saturated carbocycles. The van der Waals surface area contributed by atoms with Gasteiger partial charge >= 0.3 is 5.97 Å². The Morgan fingerprint density at radius 1 is 1.56 bits per heavy atom. The van der Waals surface area contributed by atoms with Crippen LogP contribution >= 0.6 is 15.9 Å². The summed E-state index contributed by atoms with van der Waals surface area (Å²) in [5.74, 6) is -1.69. The second kappa shape index (κ2) is 5.66. The maximum atomic E-state index is 11.5. The van der Waals surface area contributed by atoms with E-state index in [1.165, 1.54) is 6.07 Å². The number of aliphatic hydroxyl groups is 1. The lowest BCUT2D eigenvalue weighted by Crippen LogP contribution is -2.41. The molecule has 6 nitrogen and oxygen atoms in total. The van der Waals surface area contributed by atoms with Gasteiger partial charge < -0.3 is 20.5 Å². The van der Waals surface area contributed by atoms with Crippen LogP contribution in [0.2, 0.25) is 0 Å². The van der Waals surface area contributed by atoms with Gasteiger partial charge in [0.15, 0.2) is 0 Å². The number of carboxylic acids is 1. The SMILES string of the molecule is O=C(N[C@@H](CCO)C(=O)O)c1cc(Br)c[nH]1. The largest absolute Gasteiger partial charge is 0.480 e. The molecular weight excluding hydrogens is 280 g/mol. The lowest BCUT2D eigenvalue weighted by molar-refractivity contribution is -0.139. The zero-order chi connectivity index (χ0) is 12.1. The second-order valence-electron chi connectivity index (χ2n) is 3.11. The Morgan fingerprint density at radius 3 is 2.69 bits per heavy atom. The number of nitrogens with one attached hydrogen (secondary N) is 2. The first-order chi connectivity index (χ1) is 7.54. The van der Waals surface area contributed by atoms with Gasteiger partial charge in [-0.1, -0.05) is 0 Å². The molecule has 1 aromatic heterocycles. The van der Waals surface area contributed by atoms with Gasteiger partial charge in [-0.3, -0.25) is 4.79 Å². The molecule has 0 spiro atoms. The molecule has 0 aliphatic rings. The van der Waals surface area contributed by atoms with Gasteiger partial charge in [-0.05, 0) is 22.0 Å². The predicted octanol–water partition coefficient (Wildman–Crippen LogP) is 0.343. The molecule has 4 N–H and O–H groups in total. The highest BCUT2D eigenvalue weighted by Gasteiger charge is 2.20. The molecule has 0 saturated heterocycles. The molecule has 0 aliphatic heterocycles. The summed E-state index contributed by atoms with van der Waals surface area (Å²) in [4.78, 5) is 24.9. The topological polar surface area (TPSA) is 102 Å². The predicted molar refractivity (Wildman–Crippen MR) is 59.1 cm³/mol. The summed E-state index contributed by atoms with van der Waals surface area (Å²) in [6, 6.07) is 0.451. The molecule has 1 amide bonds. The minimum Gasteiger partial charge on any atom is -0.480 e. The van der Waals surface area contributed by atoms with E-state index in [2.05, 4.69) is 26.2 Å². The molecule has 1 atom stereocenters. The number of hydrogen-bond donors (Lipinski definition) is 4. The number of aliphatic carboxylic acids is 1. The second-order valence-corrected chi connectivity index (χ2v) is 4.02. The van der Waals surface area contributed by atoms with Crippen LogP contribution in [0, 0.1) is 0 Å². The average molecular weight is 291 g/mol. The van der Waals surface area contributed by atoms with Crippen LogP contribution in [0.5, 0.6) is 0 Å². The summed E-state index contributed by atoms with van der Waals surface area (Å²) >= 11 is 3.16. The van der Waals surface area contributed by atoms with Crippen LogP contribution in [0.15, 0.2) is 16.7 Å². The van der Waals surface area contributed by atoms with E-state index in [-0.39, 0.29) is 18.7 Å². The van der Waals surface area contributed by atoms with Gasteiger partial charge in [-0.2, -0.15) is 0 Å². The maximum absolute atomic E-state index is 11.5. The van der Waals surface area contributed by atoms with E-state index in [0.29, 0.717) is 4.47 Å². The number of carbonyl (C=O) groups excluding carboxylic acids is 1. The zero-order valence-corrected chi connectivity index (χ0v) is 9.82. The number of carboxylic acid groups (broad SMARTS) is 1. The van der Waals surface area contributed by atoms with Gasteiger partial charge in [-0.25, -0.2) is 4.79 Å². The number of aromatic amines is 1. The molecule has 0 unspecified atom stereocenters. The maximum Gasteiger partial charge on any atom is 0.326 e. The van der Waals surface area contributed by atoms with Crippen molar-refractivity contribution in [3.63, 3.8) is 0 Å².